The van der Waals surface area contributed by atoms with Gasteiger partial charge in [-0.05, 0) is 61.7 Å². The van der Waals surface area contributed by atoms with E-state index >= 15 is 0 Å². The number of hydrogen-bond donors (Lipinski definition) is 3. The summed E-state index contributed by atoms with van der Waals surface area (Å²) in [6, 6.07) is 3.99. The third-order valence-corrected chi connectivity index (χ3v) is 6.15. The van der Waals surface area contributed by atoms with Gasteiger partial charge in [-0.3, -0.25) is 15.0 Å². The minimum Gasteiger partial charge on any atom is -0.366 e. The summed E-state index contributed by atoms with van der Waals surface area (Å²) in [4.78, 5) is 20.9. The number of halogens is 3. The number of nitrogens with zero attached hydrogens (tertiary/aromatic N) is 5. The standard InChI is InChI=1S/C25H25F3N8/c1-29-19-13-31-12-17(15-2-3-15)22(19)24(34-16-5-6-30-11-16)33-10-14-4-7-32-21(8-14)36-25-23(28)18(26)9-20(27)35-25/h4,7-9,12-13,15-16,30H,1-3,5-6,10-11H2,(H,33,34)(H,32,35,36). The van der Waals surface area contributed by atoms with E-state index in [-0.39, 0.29) is 18.4 Å². The first-order valence-electron chi connectivity index (χ1n) is 11.7. The largest absolute Gasteiger partial charge is 0.366 e. The van der Waals surface area contributed by atoms with E-state index in [0.29, 0.717) is 23.5 Å². The predicted octanol–water partition coefficient (Wildman–Crippen LogP) is 4.14. The van der Waals surface area contributed by atoms with E-state index in [1.165, 1.54) is 6.20 Å². The molecule has 8 nitrogen and oxygen atoms in total. The van der Waals surface area contributed by atoms with Crippen molar-refractivity contribution in [1.29, 1.82) is 0 Å². The van der Waals surface area contributed by atoms with Gasteiger partial charge in [-0.15, -0.1) is 0 Å². The maximum atomic E-state index is 14.0. The van der Waals surface area contributed by atoms with E-state index in [4.69, 9.17) is 4.99 Å². The Balaban J connectivity index is 1.44. The Labute approximate surface area is 206 Å². The molecule has 1 saturated carbocycles. The molecule has 5 rings (SSSR count). The summed E-state index contributed by atoms with van der Waals surface area (Å²) in [5, 5.41) is 9.47. The zero-order valence-corrected chi connectivity index (χ0v) is 19.4. The van der Waals surface area contributed by atoms with Gasteiger partial charge in [-0.2, -0.15) is 13.8 Å². The highest BCUT2D eigenvalue weighted by atomic mass is 19.2. The van der Waals surface area contributed by atoms with Crippen molar-refractivity contribution in [3.05, 3.63) is 71.1 Å². The van der Waals surface area contributed by atoms with E-state index in [9.17, 15) is 13.2 Å². The Morgan fingerprint density at radius 2 is 2.03 bits per heavy atom. The van der Waals surface area contributed by atoms with Gasteiger partial charge in [-0.25, -0.2) is 9.37 Å². The summed E-state index contributed by atoms with van der Waals surface area (Å²) in [5.74, 6) is -3.01. The predicted molar refractivity (Wildman–Crippen MR) is 132 cm³/mol. The molecule has 1 aliphatic heterocycles. The van der Waals surface area contributed by atoms with E-state index in [0.717, 1.165) is 49.0 Å². The molecule has 2 aliphatic rings. The van der Waals surface area contributed by atoms with Crippen LogP contribution in [0.2, 0.25) is 0 Å². The normalized spacial score (nSPS) is 17.8. The zero-order valence-electron chi connectivity index (χ0n) is 19.4. The molecule has 0 radical (unpaired) electrons. The van der Waals surface area contributed by atoms with Gasteiger partial charge in [0, 0.05) is 36.6 Å². The second-order valence-electron chi connectivity index (χ2n) is 8.82. The molecular formula is C25H25F3N8. The second-order valence-corrected chi connectivity index (χ2v) is 8.82. The molecule has 1 unspecified atom stereocenters. The van der Waals surface area contributed by atoms with E-state index in [1.807, 2.05) is 6.20 Å². The molecule has 11 heteroatoms. The molecule has 1 atom stereocenters. The number of anilines is 2. The van der Waals surface area contributed by atoms with Crippen LogP contribution < -0.4 is 16.0 Å². The van der Waals surface area contributed by atoms with Crippen LogP contribution in [0.4, 0.5) is 30.5 Å². The molecule has 2 fully saturated rings. The summed E-state index contributed by atoms with van der Waals surface area (Å²) in [6.45, 7) is 5.75. The molecule has 0 amide bonds. The van der Waals surface area contributed by atoms with Crippen LogP contribution in [-0.4, -0.2) is 46.6 Å². The summed E-state index contributed by atoms with van der Waals surface area (Å²) in [7, 11) is 0. The summed E-state index contributed by atoms with van der Waals surface area (Å²) in [6.07, 6.45) is 8.22. The summed E-state index contributed by atoms with van der Waals surface area (Å²) < 4.78 is 41.0. The molecule has 0 spiro atoms. The number of amidine groups is 1. The monoisotopic (exact) mass is 494 g/mol. The number of nitrogens with one attached hydrogen (secondary N) is 3. The Kier molecular flexibility index (Phi) is 6.90. The maximum absolute atomic E-state index is 14.0. The molecule has 3 aromatic heterocycles. The van der Waals surface area contributed by atoms with Crippen molar-refractivity contribution in [2.75, 3.05) is 18.4 Å². The quantitative estimate of drug-likeness (QED) is 0.247. The van der Waals surface area contributed by atoms with Crippen LogP contribution in [-0.2, 0) is 6.54 Å². The lowest BCUT2D eigenvalue weighted by atomic mass is 10.0. The fourth-order valence-electron chi connectivity index (χ4n) is 4.20. The Hall–Kier alpha value is -3.86. The van der Waals surface area contributed by atoms with Crippen molar-refractivity contribution in [3.63, 3.8) is 0 Å². The lowest BCUT2D eigenvalue weighted by Gasteiger charge is -2.19. The molecule has 1 aliphatic carbocycles. The van der Waals surface area contributed by atoms with Gasteiger partial charge in [0.15, 0.2) is 11.6 Å². The van der Waals surface area contributed by atoms with Gasteiger partial charge >= 0.3 is 0 Å². The van der Waals surface area contributed by atoms with E-state index in [1.54, 1.807) is 18.3 Å². The minimum absolute atomic E-state index is 0.185. The van der Waals surface area contributed by atoms with Gasteiger partial charge in [0.2, 0.25) is 11.8 Å². The summed E-state index contributed by atoms with van der Waals surface area (Å²) >= 11 is 0. The van der Waals surface area contributed by atoms with Gasteiger partial charge in [-0.1, -0.05) is 0 Å². The van der Waals surface area contributed by atoms with Crippen molar-refractivity contribution in [1.82, 2.24) is 25.6 Å². The SMILES string of the molecule is C=Nc1cncc(C2CC2)c1C(=NCc1ccnc(Nc2nc(F)cc(F)c2F)c1)NC1CCNC1. The van der Waals surface area contributed by atoms with Crippen molar-refractivity contribution in [2.45, 2.75) is 37.8 Å². The first-order valence-corrected chi connectivity index (χ1v) is 11.7. The third kappa shape index (κ3) is 5.35. The molecule has 0 aromatic carbocycles. The van der Waals surface area contributed by atoms with Crippen LogP contribution in [0.25, 0.3) is 0 Å². The van der Waals surface area contributed by atoms with E-state index in [2.05, 4.69) is 42.6 Å². The Morgan fingerprint density at radius 1 is 1.17 bits per heavy atom. The highest BCUT2D eigenvalue weighted by Gasteiger charge is 2.30. The molecule has 3 aromatic rings. The minimum atomic E-state index is -1.33. The number of rotatable bonds is 8. The van der Waals surface area contributed by atoms with Crippen LogP contribution in [0.15, 0.2) is 46.8 Å². The lowest BCUT2D eigenvalue weighted by molar-refractivity contribution is 0.483. The van der Waals surface area contributed by atoms with Crippen molar-refractivity contribution in [3.8, 4) is 0 Å². The van der Waals surface area contributed by atoms with Crippen LogP contribution in [0, 0.1) is 17.6 Å². The van der Waals surface area contributed by atoms with Crippen LogP contribution in [0.3, 0.4) is 0 Å². The second kappa shape index (κ2) is 10.4. The first-order chi connectivity index (χ1) is 17.5. The van der Waals surface area contributed by atoms with Crippen LogP contribution in [0.5, 0.6) is 0 Å². The molecule has 0 bridgehead atoms. The molecule has 1 saturated heterocycles. The van der Waals surface area contributed by atoms with E-state index < -0.39 is 23.4 Å². The highest BCUT2D eigenvalue weighted by Crippen LogP contribution is 2.43. The fraction of sp³-hybridized carbons (Fsp3) is 0.320. The Bertz CT molecular complexity index is 1300. The number of hydrogen-bond acceptors (Lipinski definition) is 7. The van der Waals surface area contributed by atoms with Gasteiger partial charge < -0.3 is 16.0 Å². The van der Waals surface area contributed by atoms with Crippen LogP contribution >= 0.6 is 0 Å². The lowest BCUT2D eigenvalue weighted by Crippen LogP contribution is -2.37. The maximum Gasteiger partial charge on any atom is 0.217 e. The van der Waals surface area contributed by atoms with Crippen molar-refractivity contribution >= 4 is 29.9 Å². The molecule has 4 heterocycles. The molecule has 36 heavy (non-hydrogen) atoms. The first kappa shape index (κ1) is 23.9. The smallest absolute Gasteiger partial charge is 0.217 e. The van der Waals surface area contributed by atoms with Gasteiger partial charge in [0.25, 0.3) is 0 Å². The number of aromatic nitrogens is 3. The van der Waals surface area contributed by atoms with Gasteiger partial charge in [0.1, 0.15) is 11.7 Å². The highest BCUT2D eigenvalue weighted by molar-refractivity contribution is 6.04. The molecule has 3 N–H and O–H groups in total. The molecule has 186 valence electrons. The molecular weight excluding hydrogens is 469 g/mol. The number of aliphatic imine (C=N–C) groups is 2. The Morgan fingerprint density at radius 3 is 2.78 bits per heavy atom. The number of pyridine rings is 3. The van der Waals surface area contributed by atoms with Crippen molar-refractivity contribution in [2.24, 2.45) is 9.98 Å². The summed E-state index contributed by atoms with van der Waals surface area (Å²) in [5.41, 5.74) is 3.43. The third-order valence-electron chi connectivity index (χ3n) is 6.15. The van der Waals surface area contributed by atoms with Gasteiger partial charge in [0.05, 0.1) is 18.4 Å². The fourth-order valence-corrected chi connectivity index (χ4v) is 4.20. The van der Waals surface area contributed by atoms with Crippen LogP contribution in [0.1, 0.15) is 41.9 Å². The topological polar surface area (TPSA) is 99.5 Å². The van der Waals surface area contributed by atoms with Crippen molar-refractivity contribution < 1.29 is 13.2 Å². The average Bonchev–Trinajstić information content (AvgIpc) is 3.60. The average molecular weight is 495 g/mol. The zero-order chi connectivity index (χ0) is 25.1.